The Bertz CT molecular complexity index is 657. The van der Waals surface area contributed by atoms with Gasteiger partial charge in [-0.05, 0) is 57.2 Å². The fraction of sp³-hybridized carbons (Fsp3) is 0.235. The first-order chi connectivity index (χ1) is 9.77. The number of halogens is 1. The van der Waals surface area contributed by atoms with E-state index in [-0.39, 0.29) is 5.41 Å². The van der Waals surface area contributed by atoms with Gasteiger partial charge < -0.3 is 11.1 Å². The van der Waals surface area contributed by atoms with Crippen molar-refractivity contribution in [2.75, 3.05) is 5.32 Å². The van der Waals surface area contributed by atoms with Crippen LogP contribution in [0.3, 0.4) is 0 Å². The Kier molecular flexibility index (Phi) is 4.69. The van der Waals surface area contributed by atoms with Crippen LogP contribution in [0, 0.1) is 0 Å². The number of thiocarbonyl (C=S) groups is 1. The van der Waals surface area contributed by atoms with Crippen LogP contribution in [0.5, 0.6) is 0 Å². The zero-order chi connectivity index (χ0) is 15.6. The minimum Gasteiger partial charge on any atom is -0.389 e. The number of hydrogen-bond acceptors (Lipinski definition) is 2. The van der Waals surface area contributed by atoms with E-state index < -0.39 is 0 Å². The summed E-state index contributed by atoms with van der Waals surface area (Å²) in [6.07, 6.45) is 0. The van der Waals surface area contributed by atoms with Crippen LogP contribution in [0.25, 0.3) is 0 Å². The first-order valence-electron chi connectivity index (χ1n) is 6.74. The van der Waals surface area contributed by atoms with E-state index in [4.69, 9.17) is 18.0 Å². The molecule has 3 N–H and O–H groups in total. The highest BCUT2D eigenvalue weighted by Crippen LogP contribution is 2.29. The molecule has 0 aromatic heterocycles. The van der Waals surface area contributed by atoms with Crippen LogP contribution in [0.15, 0.2) is 46.9 Å². The molecule has 0 aliphatic heterocycles. The normalized spacial score (nSPS) is 11.2. The second-order valence-corrected chi connectivity index (χ2v) is 7.31. The largest absolute Gasteiger partial charge is 0.389 e. The Morgan fingerprint density at radius 2 is 1.71 bits per heavy atom. The van der Waals surface area contributed by atoms with E-state index in [2.05, 4.69) is 66.3 Å². The van der Waals surface area contributed by atoms with Gasteiger partial charge in [-0.15, -0.1) is 0 Å². The minimum atomic E-state index is 0.164. The molecule has 2 nitrogen and oxygen atoms in total. The van der Waals surface area contributed by atoms with Crippen LogP contribution >= 0.6 is 28.1 Å². The van der Waals surface area contributed by atoms with Gasteiger partial charge in [0.05, 0.1) is 5.69 Å². The summed E-state index contributed by atoms with van der Waals surface area (Å²) in [7, 11) is 0. The maximum Gasteiger partial charge on any atom is 0.104 e. The maximum absolute atomic E-state index is 5.63. The third-order valence-corrected chi connectivity index (χ3v) is 4.18. The lowest BCUT2D eigenvalue weighted by molar-refractivity contribution is 0.590. The number of nitrogens with one attached hydrogen (secondary N) is 1. The van der Waals surface area contributed by atoms with E-state index in [1.165, 1.54) is 5.56 Å². The third-order valence-electron chi connectivity index (χ3n) is 3.28. The van der Waals surface area contributed by atoms with Gasteiger partial charge in [0.25, 0.3) is 0 Å². The highest BCUT2D eigenvalue weighted by molar-refractivity contribution is 9.10. The summed E-state index contributed by atoms with van der Waals surface area (Å²) >= 11 is 8.52. The molecule has 4 heteroatoms. The standard InChI is InChI=1S/C17H19BrN2S/c1-17(2,3)12-5-7-13(8-6-12)20-15-9-4-11(16(19)21)10-14(15)18/h4-10,20H,1-3H3,(H2,19,21). The van der Waals surface area contributed by atoms with Crippen LogP contribution < -0.4 is 11.1 Å². The van der Waals surface area contributed by atoms with E-state index in [9.17, 15) is 0 Å². The number of rotatable bonds is 3. The molecule has 0 heterocycles. The molecule has 0 spiro atoms. The van der Waals surface area contributed by atoms with Gasteiger partial charge in [0.1, 0.15) is 4.99 Å². The Labute approximate surface area is 139 Å². The van der Waals surface area contributed by atoms with Crippen LogP contribution in [-0.4, -0.2) is 4.99 Å². The first-order valence-corrected chi connectivity index (χ1v) is 7.94. The average molecular weight is 363 g/mol. The van der Waals surface area contributed by atoms with Crippen LogP contribution in [0.1, 0.15) is 31.9 Å². The van der Waals surface area contributed by atoms with Crippen molar-refractivity contribution >= 4 is 44.5 Å². The zero-order valence-corrected chi connectivity index (χ0v) is 14.8. The van der Waals surface area contributed by atoms with Gasteiger partial charge in [0, 0.05) is 15.7 Å². The molecule has 2 rings (SSSR count). The fourth-order valence-electron chi connectivity index (χ4n) is 1.98. The van der Waals surface area contributed by atoms with Crippen molar-refractivity contribution in [1.29, 1.82) is 0 Å². The Balaban J connectivity index is 2.20. The average Bonchev–Trinajstić information content (AvgIpc) is 2.40. The van der Waals surface area contributed by atoms with Gasteiger partial charge >= 0.3 is 0 Å². The van der Waals surface area contributed by atoms with Crippen LogP contribution in [-0.2, 0) is 5.41 Å². The second kappa shape index (κ2) is 6.16. The molecular formula is C17H19BrN2S. The SMILES string of the molecule is CC(C)(C)c1ccc(Nc2ccc(C(N)=S)cc2Br)cc1. The second-order valence-electron chi connectivity index (χ2n) is 6.01. The molecule has 0 saturated carbocycles. The van der Waals surface area contributed by atoms with Crippen molar-refractivity contribution in [2.45, 2.75) is 26.2 Å². The Morgan fingerprint density at radius 1 is 1.10 bits per heavy atom. The predicted octanol–water partition coefficient (Wildman–Crippen LogP) is 5.12. The molecule has 0 bridgehead atoms. The summed E-state index contributed by atoms with van der Waals surface area (Å²) in [5.74, 6) is 0. The van der Waals surface area contributed by atoms with Crippen molar-refractivity contribution in [1.82, 2.24) is 0 Å². The summed E-state index contributed by atoms with van der Waals surface area (Å²) in [5.41, 5.74) is 10.00. The summed E-state index contributed by atoms with van der Waals surface area (Å²) in [6.45, 7) is 6.63. The molecular weight excluding hydrogens is 344 g/mol. The molecule has 0 radical (unpaired) electrons. The molecule has 0 amide bonds. The Morgan fingerprint density at radius 3 is 2.19 bits per heavy atom. The molecule has 21 heavy (non-hydrogen) atoms. The number of hydrogen-bond donors (Lipinski definition) is 2. The lowest BCUT2D eigenvalue weighted by Crippen LogP contribution is -2.10. The zero-order valence-electron chi connectivity index (χ0n) is 12.4. The highest BCUT2D eigenvalue weighted by atomic mass is 79.9. The molecule has 110 valence electrons. The fourth-order valence-corrected chi connectivity index (χ4v) is 2.58. The van der Waals surface area contributed by atoms with Crippen molar-refractivity contribution in [3.05, 3.63) is 58.1 Å². The first kappa shape index (κ1) is 16.0. The smallest absolute Gasteiger partial charge is 0.104 e. The lowest BCUT2D eigenvalue weighted by Gasteiger charge is -2.19. The summed E-state index contributed by atoms with van der Waals surface area (Å²) in [6, 6.07) is 14.3. The van der Waals surface area contributed by atoms with Gasteiger partial charge in [-0.2, -0.15) is 0 Å². The Hall–Kier alpha value is -1.39. The van der Waals surface area contributed by atoms with Crippen molar-refractivity contribution in [2.24, 2.45) is 5.73 Å². The quantitative estimate of drug-likeness (QED) is 0.743. The van der Waals surface area contributed by atoms with Crippen LogP contribution in [0.4, 0.5) is 11.4 Å². The van der Waals surface area contributed by atoms with Crippen molar-refractivity contribution in [3.63, 3.8) is 0 Å². The van der Waals surface area contributed by atoms with E-state index in [0.29, 0.717) is 4.99 Å². The van der Waals surface area contributed by atoms with E-state index in [0.717, 1.165) is 21.4 Å². The lowest BCUT2D eigenvalue weighted by atomic mass is 9.87. The molecule has 0 aliphatic rings. The van der Waals surface area contributed by atoms with E-state index in [1.807, 2.05) is 18.2 Å². The number of anilines is 2. The van der Waals surface area contributed by atoms with E-state index >= 15 is 0 Å². The van der Waals surface area contributed by atoms with E-state index in [1.54, 1.807) is 0 Å². The molecule has 2 aromatic rings. The topological polar surface area (TPSA) is 38.0 Å². The molecule has 2 aromatic carbocycles. The molecule has 0 atom stereocenters. The predicted molar refractivity (Wildman–Crippen MR) is 98.5 cm³/mol. The van der Waals surface area contributed by atoms with Gasteiger partial charge in [-0.3, -0.25) is 0 Å². The number of benzene rings is 2. The third kappa shape index (κ3) is 4.05. The summed E-state index contributed by atoms with van der Waals surface area (Å²) in [5, 5.41) is 3.39. The van der Waals surface area contributed by atoms with Crippen molar-refractivity contribution < 1.29 is 0 Å². The minimum absolute atomic E-state index is 0.164. The van der Waals surface area contributed by atoms with Crippen molar-refractivity contribution in [3.8, 4) is 0 Å². The van der Waals surface area contributed by atoms with Crippen LogP contribution in [0.2, 0.25) is 0 Å². The molecule has 0 fully saturated rings. The van der Waals surface area contributed by atoms with Gasteiger partial charge in [0.15, 0.2) is 0 Å². The van der Waals surface area contributed by atoms with Gasteiger partial charge in [-0.1, -0.05) is 45.1 Å². The highest BCUT2D eigenvalue weighted by Gasteiger charge is 2.13. The number of nitrogens with two attached hydrogens (primary N) is 1. The van der Waals surface area contributed by atoms with Gasteiger partial charge in [0.2, 0.25) is 0 Å². The molecule has 0 aliphatic carbocycles. The molecule has 0 saturated heterocycles. The summed E-state index contributed by atoms with van der Waals surface area (Å²) in [4.78, 5) is 0.400. The molecule has 0 unspecified atom stereocenters. The monoisotopic (exact) mass is 362 g/mol. The van der Waals surface area contributed by atoms with Gasteiger partial charge in [-0.25, -0.2) is 0 Å². The summed E-state index contributed by atoms with van der Waals surface area (Å²) < 4.78 is 0.938. The maximum atomic E-state index is 5.63.